The maximum absolute atomic E-state index is 11.7. The minimum atomic E-state index is 0.0726. The molecule has 1 aromatic carbocycles. The van der Waals surface area contributed by atoms with Crippen molar-refractivity contribution in [2.75, 3.05) is 39.0 Å². The fraction of sp³-hybridized carbons (Fsp3) is 0.588. The van der Waals surface area contributed by atoms with Gasteiger partial charge in [-0.1, -0.05) is 18.2 Å². The van der Waals surface area contributed by atoms with Crippen LogP contribution < -0.4 is 5.32 Å². The highest BCUT2D eigenvalue weighted by Gasteiger charge is 2.22. The summed E-state index contributed by atoms with van der Waals surface area (Å²) in [5.74, 6) is 0.0726. The van der Waals surface area contributed by atoms with E-state index in [1.807, 2.05) is 18.2 Å². The van der Waals surface area contributed by atoms with Gasteiger partial charge in [-0.3, -0.25) is 9.69 Å². The molecule has 0 radical (unpaired) electrons. The summed E-state index contributed by atoms with van der Waals surface area (Å²) < 4.78 is 5.78. The Morgan fingerprint density at radius 2 is 1.91 bits per heavy atom. The number of para-hydroxylation sites is 1. The number of carbonyl (C=O) groups is 1. The first kappa shape index (κ1) is 16.8. The van der Waals surface area contributed by atoms with Crippen LogP contribution in [0, 0.1) is 0 Å². The molecule has 22 heavy (non-hydrogen) atoms. The Balaban J connectivity index is 2.00. The number of benzene rings is 1. The van der Waals surface area contributed by atoms with Crippen LogP contribution in [0.3, 0.4) is 0 Å². The molecule has 0 saturated carbocycles. The van der Waals surface area contributed by atoms with Gasteiger partial charge in [0.15, 0.2) is 0 Å². The lowest BCUT2D eigenvalue weighted by Gasteiger charge is -2.35. The van der Waals surface area contributed by atoms with E-state index in [1.165, 1.54) is 5.56 Å². The highest BCUT2D eigenvalue weighted by Crippen LogP contribution is 2.20. The average molecular weight is 305 g/mol. The summed E-state index contributed by atoms with van der Waals surface area (Å²) in [6.07, 6.45) is 0.526. The molecule has 1 N–H and O–H groups in total. The molecule has 5 nitrogen and oxygen atoms in total. The maximum Gasteiger partial charge on any atom is 0.241 e. The smallest absolute Gasteiger partial charge is 0.241 e. The van der Waals surface area contributed by atoms with Gasteiger partial charge in [-0.2, -0.15) is 0 Å². The molecule has 1 fully saturated rings. The minimum Gasteiger partial charge on any atom is -0.376 e. The second-order valence-corrected chi connectivity index (χ2v) is 6.25. The molecule has 1 aliphatic rings. The highest BCUT2D eigenvalue weighted by atomic mass is 16.5. The van der Waals surface area contributed by atoms with Crippen molar-refractivity contribution in [1.82, 2.24) is 9.80 Å². The molecular formula is C17H27N3O2. The Hall–Kier alpha value is -1.59. The van der Waals surface area contributed by atoms with Gasteiger partial charge in [0.1, 0.15) is 0 Å². The standard InChI is InChI=1S/C17H27N3O2/c1-13-10-20(11-14(2)22-13)12-15-7-5-6-8-16(15)18-9-17(21)19(3)4/h5-8,13-14,18H,9-12H2,1-4H3/t13-,14-/m1/s1. The lowest BCUT2D eigenvalue weighted by Crippen LogP contribution is -2.44. The van der Waals surface area contributed by atoms with E-state index in [1.54, 1.807) is 19.0 Å². The lowest BCUT2D eigenvalue weighted by molar-refractivity contribution is -0.126. The van der Waals surface area contributed by atoms with Crippen LogP contribution in [-0.4, -0.2) is 61.6 Å². The van der Waals surface area contributed by atoms with Crippen molar-refractivity contribution in [3.8, 4) is 0 Å². The third kappa shape index (κ3) is 4.71. The molecule has 1 heterocycles. The van der Waals surface area contributed by atoms with Crippen molar-refractivity contribution < 1.29 is 9.53 Å². The van der Waals surface area contributed by atoms with E-state index in [2.05, 4.69) is 30.1 Å². The fourth-order valence-corrected chi connectivity index (χ4v) is 2.81. The molecule has 2 rings (SSSR count). The van der Waals surface area contributed by atoms with Gasteiger partial charge in [0.2, 0.25) is 5.91 Å². The number of hydrogen-bond donors (Lipinski definition) is 1. The molecule has 0 bridgehead atoms. The molecule has 122 valence electrons. The minimum absolute atomic E-state index is 0.0726. The van der Waals surface area contributed by atoms with Crippen LogP contribution in [0.25, 0.3) is 0 Å². The SMILES string of the molecule is C[C@@H]1CN(Cc2ccccc2NCC(=O)N(C)C)C[C@@H](C)O1. The van der Waals surface area contributed by atoms with Gasteiger partial charge < -0.3 is 15.0 Å². The van der Waals surface area contributed by atoms with Crippen molar-refractivity contribution in [2.45, 2.75) is 32.6 Å². The Morgan fingerprint density at radius 3 is 2.55 bits per heavy atom. The van der Waals surface area contributed by atoms with E-state index < -0.39 is 0 Å². The van der Waals surface area contributed by atoms with Gasteiger partial charge in [-0.25, -0.2) is 0 Å². The number of hydrogen-bond acceptors (Lipinski definition) is 4. The summed E-state index contributed by atoms with van der Waals surface area (Å²) in [4.78, 5) is 15.7. The zero-order valence-electron chi connectivity index (χ0n) is 14.0. The van der Waals surface area contributed by atoms with Crippen molar-refractivity contribution in [2.24, 2.45) is 0 Å². The normalized spacial score (nSPS) is 22.4. The zero-order chi connectivity index (χ0) is 16.1. The predicted octanol–water partition coefficient (Wildman–Crippen LogP) is 1.80. The van der Waals surface area contributed by atoms with E-state index in [9.17, 15) is 4.79 Å². The Kier molecular flexibility index (Phi) is 5.80. The maximum atomic E-state index is 11.7. The van der Waals surface area contributed by atoms with Crippen LogP contribution in [0.4, 0.5) is 5.69 Å². The molecule has 1 amide bonds. The van der Waals surface area contributed by atoms with E-state index in [0.717, 1.165) is 25.3 Å². The topological polar surface area (TPSA) is 44.8 Å². The number of ether oxygens (including phenoxy) is 1. The Morgan fingerprint density at radius 1 is 1.27 bits per heavy atom. The summed E-state index contributed by atoms with van der Waals surface area (Å²) in [6.45, 7) is 7.30. The summed E-state index contributed by atoms with van der Waals surface area (Å²) in [6, 6.07) is 8.19. The number of morpholine rings is 1. The average Bonchev–Trinajstić information content (AvgIpc) is 2.44. The number of amides is 1. The van der Waals surface area contributed by atoms with Crippen LogP contribution in [0.5, 0.6) is 0 Å². The van der Waals surface area contributed by atoms with E-state index >= 15 is 0 Å². The third-order valence-corrected chi connectivity index (χ3v) is 3.84. The van der Waals surface area contributed by atoms with Crippen LogP contribution in [-0.2, 0) is 16.1 Å². The van der Waals surface area contributed by atoms with Gasteiger partial charge in [0.25, 0.3) is 0 Å². The van der Waals surface area contributed by atoms with E-state index in [4.69, 9.17) is 4.74 Å². The Bertz CT molecular complexity index is 494. The number of nitrogens with one attached hydrogen (secondary N) is 1. The summed E-state index contributed by atoms with van der Waals surface area (Å²) in [5, 5.41) is 3.26. The molecule has 5 heteroatoms. The van der Waals surface area contributed by atoms with Gasteiger partial charge in [0, 0.05) is 39.4 Å². The first-order valence-corrected chi connectivity index (χ1v) is 7.85. The molecule has 0 spiro atoms. The van der Waals surface area contributed by atoms with E-state index in [-0.39, 0.29) is 18.1 Å². The first-order valence-electron chi connectivity index (χ1n) is 7.85. The predicted molar refractivity (Wildman–Crippen MR) is 88.9 cm³/mol. The van der Waals surface area contributed by atoms with Crippen molar-refractivity contribution in [3.05, 3.63) is 29.8 Å². The van der Waals surface area contributed by atoms with E-state index in [0.29, 0.717) is 6.54 Å². The first-order chi connectivity index (χ1) is 10.5. The number of anilines is 1. The summed E-state index contributed by atoms with van der Waals surface area (Å²) in [7, 11) is 3.54. The largest absolute Gasteiger partial charge is 0.376 e. The van der Waals surface area contributed by atoms with Crippen molar-refractivity contribution in [3.63, 3.8) is 0 Å². The van der Waals surface area contributed by atoms with Gasteiger partial charge in [0.05, 0.1) is 18.8 Å². The number of carbonyl (C=O) groups excluding carboxylic acids is 1. The Labute approximate surface area is 133 Å². The summed E-state index contributed by atoms with van der Waals surface area (Å²) >= 11 is 0. The fourth-order valence-electron chi connectivity index (χ4n) is 2.81. The molecule has 0 aliphatic carbocycles. The second kappa shape index (κ2) is 7.61. The number of nitrogens with zero attached hydrogens (tertiary/aromatic N) is 2. The van der Waals surface area contributed by atoms with Crippen LogP contribution in [0.15, 0.2) is 24.3 Å². The monoisotopic (exact) mass is 305 g/mol. The van der Waals surface area contributed by atoms with Crippen molar-refractivity contribution in [1.29, 1.82) is 0 Å². The molecule has 2 atom stereocenters. The van der Waals surface area contributed by atoms with Crippen LogP contribution >= 0.6 is 0 Å². The molecule has 1 aromatic rings. The second-order valence-electron chi connectivity index (χ2n) is 6.25. The molecule has 1 saturated heterocycles. The molecule has 0 unspecified atom stereocenters. The molecule has 0 aromatic heterocycles. The quantitative estimate of drug-likeness (QED) is 0.901. The van der Waals surface area contributed by atoms with Crippen LogP contribution in [0.2, 0.25) is 0 Å². The van der Waals surface area contributed by atoms with Gasteiger partial charge in [-0.15, -0.1) is 0 Å². The van der Waals surface area contributed by atoms with Gasteiger partial charge in [-0.05, 0) is 25.5 Å². The summed E-state index contributed by atoms with van der Waals surface area (Å²) in [5.41, 5.74) is 2.25. The zero-order valence-corrected chi connectivity index (χ0v) is 14.0. The molecule has 1 aliphatic heterocycles. The number of rotatable bonds is 5. The van der Waals surface area contributed by atoms with Crippen molar-refractivity contribution >= 4 is 11.6 Å². The van der Waals surface area contributed by atoms with Crippen LogP contribution in [0.1, 0.15) is 19.4 Å². The molecular weight excluding hydrogens is 278 g/mol. The van der Waals surface area contributed by atoms with Gasteiger partial charge >= 0.3 is 0 Å². The number of likely N-dealkylation sites (N-methyl/N-ethyl adjacent to an activating group) is 1. The highest BCUT2D eigenvalue weighted by molar-refractivity contribution is 5.80. The third-order valence-electron chi connectivity index (χ3n) is 3.84. The lowest BCUT2D eigenvalue weighted by atomic mass is 10.1.